The van der Waals surface area contributed by atoms with Gasteiger partial charge in [-0.05, 0) is 18.2 Å². The van der Waals surface area contributed by atoms with Crippen LogP contribution in [0.1, 0.15) is 0 Å². The van der Waals surface area contributed by atoms with Crippen molar-refractivity contribution in [3.63, 3.8) is 0 Å². The van der Waals surface area contributed by atoms with Crippen LogP contribution in [0.5, 0.6) is 0 Å². The number of hydrazine groups is 1. The summed E-state index contributed by atoms with van der Waals surface area (Å²) in [4.78, 5) is 10.7. The summed E-state index contributed by atoms with van der Waals surface area (Å²) in [7, 11) is 0. The van der Waals surface area contributed by atoms with Gasteiger partial charge in [-0.1, -0.05) is 11.6 Å². The molecule has 0 saturated heterocycles. The zero-order chi connectivity index (χ0) is 10.6. The van der Waals surface area contributed by atoms with Gasteiger partial charge >= 0.3 is 0 Å². The lowest BCUT2D eigenvalue weighted by Gasteiger charge is -2.05. The second-order valence-corrected chi connectivity index (χ2v) is 2.96. The molecule has 0 aliphatic rings. The first-order chi connectivity index (χ1) is 6.63. The molecule has 14 heavy (non-hydrogen) atoms. The van der Waals surface area contributed by atoms with E-state index in [1.165, 1.54) is 18.2 Å². The van der Waals surface area contributed by atoms with Crippen molar-refractivity contribution in [1.82, 2.24) is 5.43 Å². The molecule has 0 aliphatic heterocycles. The first-order valence-corrected chi connectivity index (χ1v) is 4.19. The van der Waals surface area contributed by atoms with E-state index in [9.17, 15) is 9.18 Å². The number of anilines is 1. The van der Waals surface area contributed by atoms with Crippen LogP contribution >= 0.6 is 11.6 Å². The van der Waals surface area contributed by atoms with Gasteiger partial charge in [-0.3, -0.25) is 10.2 Å². The summed E-state index contributed by atoms with van der Waals surface area (Å²) in [6, 6.07) is 4.08. The minimum absolute atomic E-state index is 0.00292. The number of hydrogen-bond donors (Lipinski definition) is 3. The summed E-state index contributed by atoms with van der Waals surface area (Å²) < 4.78 is 12.7. The second kappa shape index (κ2) is 4.78. The molecule has 0 bridgehead atoms. The van der Waals surface area contributed by atoms with Crippen molar-refractivity contribution in [2.75, 3.05) is 11.9 Å². The molecule has 4 nitrogen and oxygen atoms in total. The molecule has 0 heterocycles. The molecule has 0 aromatic heterocycles. The zero-order valence-corrected chi connectivity index (χ0v) is 7.94. The van der Waals surface area contributed by atoms with Crippen molar-refractivity contribution in [2.24, 2.45) is 5.84 Å². The Kier molecular flexibility index (Phi) is 3.67. The highest BCUT2D eigenvalue weighted by molar-refractivity contribution is 6.31. The lowest BCUT2D eigenvalue weighted by Crippen LogP contribution is -2.35. The van der Waals surface area contributed by atoms with Crippen LogP contribution in [0.4, 0.5) is 10.1 Å². The maximum absolute atomic E-state index is 12.7. The molecule has 4 N–H and O–H groups in total. The molecule has 1 amide bonds. The number of benzene rings is 1. The Hall–Kier alpha value is -1.33. The molecule has 0 fully saturated rings. The van der Waals surface area contributed by atoms with Gasteiger partial charge in [0, 0.05) is 5.69 Å². The summed E-state index contributed by atoms with van der Waals surface area (Å²) in [6.45, 7) is 0.0124. The molecule has 0 spiro atoms. The van der Waals surface area contributed by atoms with Crippen molar-refractivity contribution in [2.45, 2.75) is 0 Å². The predicted octanol–water partition coefficient (Wildman–Crippen LogP) is 0.881. The molecular formula is C8H9ClFN3O. The molecular weight excluding hydrogens is 209 g/mol. The van der Waals surface area contributed by atoms with E-state index in [1.54, 1.807) is 0 Å². The molecule has 0 aliphatic carbocycles. The van der Waals surface area contributed by atoms with Gasteiger partial charge in [-0.25, -0.2) is 10.2 Å². The van der Waals surface area contributed by atoms with Gasteiger partial charge in [-0.15, -0.1) is 0 Å². The van der Waals surface area contributed by atoms with Gasteiger partial charge in [0.25, 0.3) is 5.91 Å². The number of halogens is 2. The molecule has 0 unspecified atom stereocenters. The van der Waals surface area contributed by atoms with Gasteiger partial charge < -0.3 is 5.32 Å². The average molecular weight is 218 g/mol. The zero-order valence-electron chi connectivity index (χ0n) is 7.18. The average Bonchev–Trinajstić information content (AvgIpc) is 2.19. The Morgan fingerprint density at radius 2 is 2.29 bits per heavy atom. The maximum Gasteiger partial charge on any atom is 0.253 e. The van der Waals surface area contributed by atoms with Crippen LogP contribution in [0, 0.1) is 5.82 Å². The lowest BCUT2D eigenvalue weighted by molar-refractivity contribution is -0.119. The third kappa shape index (κ3) is 2.86. The number of carbonyl (C=O) groups excluding carboxylic acids is 1. The van der Waals surface area contributed by atoms with E-state index in [0.717, 1.165) is 0 Å². The highest BCUT2D eigenvalue weighted by Gasteiger charge is 2.01. The number of hydrogen-bond acceptors (Lipinski definition) is 3. The van der Waals surface area contributed by atoms with Gasteiger partial charge in [0.05, 0.1) is 11.6 Å². The third-order valence-electron chi connectivity index (χ3n) is 1.53. The van der Waals surface area contributed by atoms with Gasteiger partial charge in [-0.2, -0.15) is 0 Å². The summed E-state index contributed by atoms with van der Waals surface area (Å²) in [5.41, 5.74) is 2.51. The highest BCUT2D eigenvalue weighted by Crippen LogP contribution is 2.18. The maximum atomic E-state index is 12.7. The molecule has 6 heteroatoms. The van der Waals surface area contributed by atoms with Gasteiger partial charge in [0.15, 0.2) is 0 Å². The fourth-order valence-electron chi connectivity index (χ4n) is 0.839. The van der Waals surface area contributed by atoms with E-state index in [4.69, 9.17) is 17.4 Å². The molecule has 0 atom stereocenters. The normalized spacial score (nSPS) is 9.64. The number of amides is 1. The van der Waals surface area contributed by atoms with Crippen molar-refractivity contribution in [1.29, 1.82) is 0 Å². The van der Waals surface area contributed by atoms with Gasteiger partial charge in [0.2, 0.25) is 0 Å². The Balaban J connectivity index is 2.60. The monoisotopic (exact) mass is 217 g/mol. The van der Waals surface area contributed by atoms with Crippen molar-refractivity contribution < 1.29 is 9.18 Å². The minimum Gasteiger partial charge on any atom is -0.376 e. The largest absolute Gasteiger partial charge is 0.376 e. The van der Waals surface area contributed by atoms with Crippen LogP contribution in [-0.2, 0) is 4.79 Å². The summed E-state index contributed by atoms with van der Waals surface area (Å²) in [6.07, 6.45) is 0. The van der Waals surface area contributed by atoms with Crippen molar-refractivity contribution in [3.05, 3.63) is 29.0 Å². The molecule has 76 valence electrons. The number of nitrogens with one attached hydrogen (secondary N) is 2. The summed E-state index contributed by atoms with van der Waals surface area (Å²) >= 11 is 5.52. The summed E-state index contributed by atoms with van der Waals surface area (Å²) in [5.74, 6) is 4.00. The lowest BCUT2D eigenvalue weighted by atomic mass is 10.3. The van der Waals surface area contributed by atoms with E-state index in [-0.39, 0.29) is 17.5 Å². The van der Waals surface area contributed by atoms with Crippen molar-refractivity contribution >= 4 is 23.2 Å². The minimum atomic E-state index is -0.500. The van der Waals surface area contributed by atoms with Crippen LogP contribution < -0.4 is 16.6 Å². The third-order valence-corrected chi connectivity index (χ3v) is 1.82. The number of carbonyl (C=O) groups is 1. The van der Waals surface area contributed by atoms with Crippen LogP contribution in [0.25, 0.3) is 0 Å². The molecule has 0 saturated carbocycles. The Labute approximate surface area is 85.2 Å². The van der Waals surface area contributed by atoms with Gasteiger partial charge in [0.1, 0.15) is 5.82 Å². The topological polar surface area (TPSA) is 67.1 Å². The standard InChI is InChI=1S/C8H9ClFN3O/c9-6-3-5(1-2-7(6)10)12-4-8(14)13-11/h1-3,12H,4,11H2,(H,13,14). The first kappa shape index (κ1) is 10.7. The van der Waals surface area contributed by atoms with E-state index >= 15 is 0 Å². The van der Waals surface area contributed by atoms with E-state index < -0.39 is 5.82 Å². The smallest absolute Gasteiger partial charge is 0.253 e. The fourth-order valence-corrected chi connectivity index (χ4v) is 1.02. The van der Waals surface area contributed by atoms with Crippen molar-refractivity contribution in [3.8, 4) is 0 Å². The van der Waals surface area contributed by atoms with E-state index in [2.05, 4.69) is 5.32 Å². The van der Waals surface area contributed by atoms with E-state index in [1.807, 2.05) is 5.43 Å². The predicted molar refractivity (Wildman–Crippen MR) is 52.2 cm³/mol. The molecule has 0 radical (unpaired) electrons. The SMILES string of the molecule is NNC(=O)CNc1ccc(F)c(Cl)c1. The number of rotatable bonds is 3. The first-order valence-electron chi connectivity index (χ1n) is 3.82. The Bertz CT molecular complexity index is 345. The fraction of sp³-hybridized carbons (Fsp3) is 0.125. The highest BCUT2D eigenvalue weighted by atomic mass is 35.5. The molecule has 1 aromatic rings. The Morgan fingerprint density at radius 3 is 2.86 bits per heavy atom. The van der Waals surface area contributed by atoms with Crippen LogP contribution in [0.3, 0.4) is 0 Å². The van der Waals surface area contributed by atoms with Crippen LogP contribution in [0.15, 0.2) is 18.2 Å². The molecule has 1 rings (SSSR count). The summed E-state index contributed by atoms with van der Waals surface area (Å²) in [5, 5.41) is 2.72. The Morgan fingerprint density at radius 1 is 1.57 bits per heavy atom. The second-order valence-electron chi connectivity index (χ2n) is 2.55. The van der Waals surface area contributed by atoms with Crippen LogP contribution in [0.2, 0.25) is 5.02 Å². The quantitative estimate of drug-likeness (QED) is 0.400. The van der Waals surface area contributed by atoms with E-state index in [0.29, 0.717) is 5.69 Å². The molecule has 1 aromatic carbocycles. The number of nitrogens with two attached hydrogens (primary N) is 1. The van der Waals surface area contributed by atoms with Crippen LogP contribution in [-0.4, -0.2) is 12.5 Å².